The molecule has 3 rings (SSSR count). The molecule has 1 saturated carbocycles. The number of fused-ring (bicyclic) bond motifs is 1. The van der Waals surface area contributed by atoms with Gasteiger partial charge in [0, 0.05) is 24.5 Å². The van der Waals surface area contributed by atoms with E-state index in [2.05, 4.69) is 48.3 Å². The predicted octanol–water partition coefficient (Wildman–Crippen LogP) is 5.39. The number of aromatic nitrogens is 2. The third-order valence-electron chi connectivity index (χ3n) is 5.13. The Bertz CT molecular complexity index is 656. The first-order chi connectivity index (χ1) is 12.3. The minimum absolute atomic E-state index is 0.561. The van der Waals surface area contributed by atoms with E-state index in [1.165, 1.54) is 51.4 Å². The molecule has 0 saturated heterocycles. The molecule has 0 bridgehead atoms. The second kappa shape index (κ2) is 9.02. The number of unbranched alkanes of at least 4 members (excludes halogenated alkanes) is 2. The largest absolute Gasteiger partial charge is 0.367 e. The summed E-state index contributed by atoms with van der Waals surface area (Å²) in [5.41, 5.74) is 1.05. The second-order valence-corrected chi connectivity index (χ2v) is 7.21. The first-order valence-corrected chi connectivity index (χ1v) is 10.1. The maximum absolute atomic E-state index is 4.97. The highest BCUT2D eigenvalue weighted by Crippen LogP contribution is 2.28. The molecule has 25 heavy (non-hydrogen) atoms. The minimum atomic E-state index is 0.561. The summed E-state index contributed by atoms with van der Waals surface area (Å²) in [5, 5.41) is 4.86. The summed E-state index contributed by atoms with van der Waals surface area (Å²) in [4.78, 5) is 12.2. The second-order valence-electron chi connectivity index (χ2n) is 7.21. The fourth-order valence-corrected chi connectivity index (χ4v) is 3.59. The van der Waals surface area contributed by atoms with Gasteiger partial charge in [-0.25, -0.2) is 4.98 Å². The normalized spacial score (nSPS) is 15.0. The van der Waals surface area contributed by atoms with E-state index in [0.717, 1.165) is 35.8 Å². The molecule has 0 atom stereocenters. The summed E-state index contributed by atoms with van der Waals surface area (Å²) in [6.45, 7) is 6.56. The third-order valence-corrected chi connectivity index (χ3v) is 5.13. The average Bonchev–Trinajstić information content (AvgIpc) is 3.15. The van der Waals surface area contributed by atoms with Crippen LogP contribution in [-0.4, -0.2) is 29.1 Å². The average molecular weight is 341 g/mol. The molecular formula is C21H32N4. The van der Waals surface area contributed by atoms with Crippen molar-refractivity contribution in [2.24, 2.45) is 0 Å². The van der Waals surface area contributed by atoms with Gasteiger partial charge < -0.3 is 10.2 Å². The van der Waals surface area contributed by atoms with Crippen molar-refractivity contribution in [3.63, 3.8) is 0 Å². The van der Waals surface area contributed by atoms with Crippen molar-refractivity contribution in [1.29, 1.82) is 0 Å². The Balaban J connectivity index is 1.92. The zero-order valence-electron chi connectivity index (χ0n) is 15.8. The van der Waals surface area contributed by atoms with Crippen molar-refractivity contribution in [2.75, 3.05) is 23.3 Å². The molecule has 0 unspecified atom stereocenters. The van der Waals surface area contributed by atoms with Gasteiger partial charge in [0.1, 0.15) is 5.82 Å². The molecule has 1 aromatic carbocycles. The number of benzene rings is 1. The molecule has 0 radical (unpaired) electrons. The Kier molecular flexibility index (Phi) is 6.48. The summed E-state index contributed by atoms with van der Waals surface area (Å²) >= 11 is 0. The Hall–Kier alpha value is -1.84. The summed E-state index contributed by atoms with van der Waals surface area (Å²) in [6, 6.07) is 8.96. The highest BCUT2D eigenvalue weighted by atomic mass is 15.3. The van der Waals surface area contributed by atoms with E-state index >= 15 is 0 Å². The molecule has 1 heterocycles. The lowest BCUT2D eigenvalue weighted by atomic mass is 10.2. The molecular weight excluding hydrogens is 308 g/mol. The topological polar surface area (TPSA) is 41.1 Å². The van der Waals surface area contributed by atoms with Gasteiger partial charge in [0.15, 0.2) is 0 Å². The van der Waals surface area contributed by atoms with E-state index in [4.69, 9.17) is 9.97 Å². The van der Waals surface area contributed by atoms with Gasteiger partial charge in [0.05, 0.1) is 5.52 Å². The minimum Gasteiger partial charge on any atom is -0.367 e. The number of hydrogen-bond donors (Lipinski definition) is 1. The van der Waals surface area contributed by atoms with Gasteiger partial charge in [-0.1, -0.05) is 51.7 Å². The Morgan fingerprint density at radius 2 is 1.68 bits per heavy atom. The Morgan fingerprint density at radius 1 is 1.00 bits per heavy atom. The van der Waals surface area contributed by atoms with Crippen LogP contribution in [0.15, 0.2) is 24.3 Å². The maximum Gasteiger partial charge on any atom is 0.227 e. The standard InChI is InChI=1S/C21H32N4/c1-3-5-15-25(16-6-4-2)21-23-19-14-10-9-13-18(19)20(24-21)22-17-11-7-8-12-17/h9-10,13-14,17H,3-8,11-12,15-16H2,1-2H3,(H,22,23,24). The Morgan fingerprint density at radius 3 is 2.36 bits per heavy atom. The SMILES string of the molecule is CCCCN(CCCC)c1nc(NC2CCCC2)c2ccccc2n1. The number of anilines is 2. The molecule has 0 spiro atoms. The van der Waals surface area contributed by atoms with Crippen LogP contribution in [0, 0.1) is 0 Å². The van der Waals surface area contributed by atoms with Crippen LogP contribution in [0.3, 0.4) is 0 Å². The van der Waals surface area contributed by atoms with Gasteiger partial charge in [-0.3, -0.25) is 0 Å². The van der Waals surface area contributed by atoms with Crippen LogP contribution in [-0.2, 0) is 0 Å². The zero-order chi connectivity index (χ0) is 17.5. The molecule has 136 valence electrons. The molecule has 1 aliphatic rings. The number of para-hydroxylation sites is 1. The lowest BCUT2D eigenvalue weighted by molar-refractivity contribution is 0.663. The molecule has 1 aliphatic carbocycles. The van der Waals surface area contributed by atoms with Gasteiger partial charge in [-0.2, -0.15) is 4.98 Å². The smallest absolute Gasteiger partial charge is 0.227 e. The van der Waals surface area contributed by atoms with Crippen LogP contribution in [0.25, 0.3) is 10.9 Å². The summed E-state index contributed by atoms with van der Waals surface area (Å²) in [5.74, 6) is 1.91. The van der Waals surface area contributed by atoms with Crippen LogP contribution >= 0.6 is 0 Å². The quantitative estimate of drug-likeness (QED) is 0.664. The van der Waals surface area contributed by atoms with Crippen LogP contribution < -0.4 is 10.2 Å². The Labute approximate surface area is 152 Å². The van der Waals surface area contributed by atoms with Crippen LogP contribution in [0.5, 0.6) is 0 Å². The van der Waals surface area contributed by atoms with Crippen LogP contribution in [0.4, 0.5) is 11.8 Å². The first kappa shape index (κ1) is 18.0. The van der Waals surface area contributed by atoms with E-state index in [-0.39, 0.29) is 0 Å². The van der Waals surface area contributed by atoms with Crippen molar-refractivity contribution < 1.29 is 0 Å². The van der Waals surface area contributed by atoms with Gasteiger partial charge in [0.25, 0.3) is 0 Å². The number of nitrogens with one attached hydrogen (secondary N) is 1. The highest BCUT2D eigenvalue weighted by molar-refractivity contribution is 5.90. The van der Waals surface area contributed by atoms with Crippen molar-refractivity contribution in [3.05, 3.63) is 24.3 Å². The van der Waals surface area contributed by atoms with Gasteiger partial charge in [-0.15, -0.1) is 0 Å². The lowest BCUT2D eigenvalue weighted by Gasteiger charge is -2.24. The number of hydrogen-bond acceptors (Lipinski definition) is 4. The van der Waals surface area contributed by atoms with E-state index in [1.54, 1.807) is 0 Å². The molecule has 1 aromatic heterocycles. The van der Waals surface area contributed by atoms with Crippen LogP contribution in [0.2, 0.25) is 0 Å². The third kappa shape index (κ3) is 4.62. The maximum atomic E-state index is 4.97. The molecule has 4 heteroatoms. The predicted molar refractivity (Wildman–Crippen MR) is 107 cm³/mol. The fraction of sp³-hybridized carbons (Fsp3) is 0.619. The number of rotatable bonds is 9. The van der Waals surface area contributed by atoms with Crippen molar-refractivity contribution >= 4 is 22.7 Å². The highest BCUT2D eigenvalue weighted by Gasteiger charge is 2.18. The van der Waals surface area contributed by atoms with Crippen molar-refractivity contribution in [2.45, 2.75) is 71.3 Å². The van der Waals surface area contributed by atoms with E-state index in [1.807, 2.05) is 0 Å². The summed E-state index contributed by atoms with van der Waals surface area (Å²) < 4.78 is 0. The molecule has 4 nitrogen and oxygen atoms in total. The van der Waals surface area contributed by atoms with Gasteiger partial charge in [-0.05, 0) is 37.8 Å². The molecule has 0 aliphatic heterocycles. The van der Waals surface area contributed by atoms with E-state index in [0.29, 0.717) is 6.04 Å². The molecule has 1 fully saturated rings. The van der Waals surface area contributed by atoms with Crippen molar-refractivity contribution in [3.8, 4) is 0 Å². The summed E-state index contributed by atoms with van der Waals surface area (Å²) in [7, 11) is 0. The lowest BCUT2D eigenvalue weighted by Crippen LogP contribution is -2.28. The monoisotopic (exact) mass is 340 g/mol. The molecule has 2 aromatic rings. The molecule has 0 amide bonds. The van der Waals surface area contributed by atoms with Crippen molar-refractivity contribution in [1.82, 2.24) is 9.97 Å². The van der Waals surface area contributed by atoms with E-state index < -0.39 is 0 Å². The van der Waals surface area contributed by atoms with Gasteiger partial charge >= 0.3 is 0 Å². The number of nitrogens with zero attached hydrogens (tertiary/aromatic N) is 3. The van der Waals surface area contributed by atoms with Gasteiger partial charge in [0.2, 0.25) is 5.95 Å². The molecule has 1 N–H and O–H groups in total. The fourth-order valence-electron chi connectivity index (χ4n) is 3.59. The first-order valence-electron chi connectivity index (χ1n) is 10.1. The zero-order valence-corrected chi connectivity index (χ0v) is 15.8. The summed E-state index contributed by atoms with van der Waals surface area (Å²) in [6.07, 6.45) is 9.93. The van der Waals surface area contributed by atoms with Crippen LogP contribution in [0.1, 0.15) is 65.2 Å². The van der Waals surface area contributed by atoms with E-state index in [9.17, 15) is 0 Å².